The fourth-order valence-electron chi connectivity index (χ4n) is 4.03. The predicted octanol–water partition coefficient (Wildman–Crippen LogP) is 5.10. The molecule has 25 heavy (non-hydrogen) atoms. The molecule has 0 N–H and O–H groups in total. The van der Waals surface area contributed by atoms with Gasteiger partial charge in [0.2, 0.25) is 0 Å². The Bertz CT molecular complexity index is 1140. The Labute approximate surface area is 155 Å². The molecule has 0 saturated carbocycles. The average Bonchev–Trinajstić information content (AvgIpc) is 2.78. The highest BCUT2D eigenvalue weighted by Gasteiger charge is 2.41. The molecule has 0 aromatic heterocycles. The highest BCUT2D eigenvalue weighted by Crippen LogP contribution is 2.51. The molecule has 0 saturated heterocycles. The number of hydrogen-bond donors (Lipinski definition) is 0. The first-order chi connectivity index (χ1) is 14.4. The van der Waals surface area contributed by atoms with Gasteiger partial charge in [0.1, 0.15) is 0 Å². The Morgan fingerprint density at radius 2 is 1.36 bits per heavy atom. The number of allylic oxidation sites excluding steroid dienone is 4. The third-order valence-electron chi connectivity index (χ3n) is 5.19. The molecule has 4 rings (SSSR count). The van der Waals surface area contributed by atoms with Crippen LogP contribution in [-0.2, 0) is 0 Å². The molecule has 0 radical (unpaired) electrons. The summed E-state index contributed by atoms with van der Waals surface area (Å²) < 4.78 is 40.5. The molecule has 0 heterocycles. The van der Waals surface area contributed by atoms with Gasteiger partial charge in [0, 0.05) is 34.8 Å². The van der Waals surface area contributed by atoms with Crippen molar-refractivity contribution in [3.05, 3.63) is 95.0 Å². The third kappa shape index (κ3) is 2.67. The summed E-state index contributed by atoms with van der Waals surface area (Å²) in [7, 11) is 0. The second kappa shape index (κ2) is 6.42. The number of nitriles is 2. The van der Waals surface area contributed by atoms with E-state index in [0.29, 0.717) is 17.6 Å². The summed E-state index contributed by atoms with van der Waals surface area (Å²) in [6.45, 7) is 0. The van der Waals surface area contributed by atoms with Crippen molar-refractivity contribution in [3.8, 4) is 12.1 Å². The Hall–Kier alpha value is -3.10. The van der Waals surface area contributed by atoms with E-state index in [2.05, 4.69) is 12.1 Å². The van der Waals surface area contributed by atoms with Crippen molar-refractivity contribution in [1.82, 2.24) is 0 Å². The van der Waals surface area contributed by atoms with Crippen molar-refractivity contribution in [2.75, 3.05) is 0 Å². The first kappa shape index (κ1) is 10.7. The van der Waals surface area contributed by atoms with E-state index in [1.165, 1.54) is 0 Å². The van der Waals surface area contributed by atoms with Crippen molar-refractivity contribution >= 4 is 0 Å². The summed E-state index contributed by atoms with van der Waals surface area (Å²) in [6, 6.07) is 12.5. The molecule has 2 aromatic carbocycles. The normalized spacial score (nSPS) is 30.2. The van der Waals surface area contributed by atoms with E-state index in [1.807, 2.05) is 36.4 Å². The lowest BCUT2D eigenvalue weighted by Crippen LogP contribution is -2.31. The van der Waals surface area contributed by atoms with Gasteiger partial charge in [0.05, 0.1) is 19.0 Å². The van der Waals surface area contributed by atoms with E-state index in [-0.39, 0.29) is 35.4 Å². The van der Waals surface area contributed by atoms with E-state index in [9.17, 15) is 10.5 Å². The van der Waals surface area contributed by atoms with Crippen LogP contribution in [0.1, 0.15) is 36.2 Å². The number of fused-ring (bicyclic) bond motifs is 2. The van der Waals surface area contributed by atoms with Crippen LogP contribution in [0.25, 0.3) is 0 Å². The maximum absolute atomic E-state index is 9.85. The van der Waals surface area contributed by atoms with Gasteiger partial charge in [0.25, 0.3) is 0 Å². The lowest BCUT2D eigenvalue weighted by molar-refractivity contribution is 0.357. The molecule has 2 bridgehead atoms. The molecule has 2 nitrogen and oxygen atoms in total. The van der Waals surface area contributed by atoms with Crippen LogP contribution in [0.4, 0.5) is 0 Å². The quantitative estimate of drug-likeness (QED) is 0.770. The molecule has 0 unspecified atom stereocenters. The van der Waals surface area contributed by atoms with Gasteiger partial charge in [-0.1, -0.05) is 72.7 Å². The molecule has 0 spiro atoms. The first-order valence-corrected chi connectivity index (χ1v) is 8.24. The Kier molecular flexibility index (Phi) is 2.75. The maximum atomic E-state index is 9.85. The highest BCUT2D eigenvalue weighted by molar-refractivity contribution is 5.47. The number of hydrogen-bond acceptors (Lipinski definition) is 2. The van der Waals surface area contributed by atoms with Crippen LogP contribution in [0.15, 0.2) is 83.8 Å². The number of rotatable bonds is 2. The fourth-order valence-corrected chi connectivity index (χ4v) is 4.03. The molecule has 2 aliphatic carbocycles. The maximum Gasteiger partial charge on any atom is 0.0947 e. The zero-order valence-corrected chi connectivity index (χ0v) is 13.5. The summed E-state index contributed by atoms with van der Waals surface area (Å²) in [6.07, 6.45) is 4.12. The van der Waals surface area contributed by atoms with Crippen molar-refractivity contribution in [1.29, 1.82) is 10.5 Å². The molecule has 4 atom stereocenters. The van der Waals surface area contributed by atoms with E-state index < -0.39 is 24.0 Å². The Morgan fingerprint density at radius 1 is 0.800 bits per heavy atom. The first-order valence-electron chi connectivity index (χ1n) is 10.7. The second-order valence-electron chi connectivity index (χ2n) is 6.42. The van der Waals surface area contributed by atoms with Crippen LogP contribution in [0.5, 0.6) is 0 Å². The van der Waals surface area contributed by atoms with Gasteiger partial charge >= 0.3 is 0 Å². The highest BCUT2D eigenvalue weighted by atomic mass is 14.5. The van der Waals surface area contributed by atoms with Crippen LogP contribution in [-0.4, -0.2) is 0 Å². The summed E-state index contributed by atoms with van der Waals surface area (Å²) >= 11 is 0. The molecule has 0 amide bonds. The minimum atomic E-state index is -0.618. The van der Waals surface area contributed by atoms with Gasteiger partial charge in [-0.2, -0.15) is 10.5 Å². The third-order valence-corrected chi connectivity index (χ3v) is 5.19. The minimum absolute atomic E-state index is 0.107. The number of benzene rings is 2. The van der Waals surface area contributed by atoms with E-state index in [4.69, 9.17) is 6.85 Å². The predicted molar refractivity (Wildman–Crippen MR) is 97.4 cm³/mol. The molecular formula is C23H18N2. The van der Waals surface area contributed by atoms with Crippen LogP contribution in [0, 0.1) is 34.5 Å². The van der Waals surface area contributed by atoms with E-state index in [0.717, 1.165) is 5.56 Å². The van der Waals surface area contributed by atoms with Crippen molar-refractivity contribution < 1.29 is 6.85 Å². The van der Waals surface area contributed by atoms with Gasteiger partial charge in [-0.3, -0.25) is 0 Å². The van der Waals surface area contributed by atoms with Gasteiger partial charge in [-0.25, -0.2) is 0 Å². The summed E-state index contributed by atoms with van der Waals surface area (Å²) in [4.78, 5) is 0. The lowest BCUT2D eigenvalue weighted by atomic mass is 9.61. The van der Waals surface area contributed by atoms with Gasteiger partial charge in [-0.15, -0.1) is 0 Å². The molecule has 2 aromatic rings. The molecule has 2 heteroatoms. The van der Waals surface area contributed by atoms with E-state index >= 15 is 0 Å². The molecule has 0 aliphatic heterocycles. The second-order valence-corrected chi connectivity index (χ2v) is 6.42. The summed E-state index contributed by atoms with van der Waals surface area (Å²) in [5.41, 5.74) is 2.24. The minimum Gasteiger partial charge on any atom is -0.193 e. The van der Waals surface area contributed by atoms with Gasteiger partial charge in [-0.05, 0) is 17.5 Å². The smallest absolute Gasteiger partial charge is 0.0947 e. The Balaban J connectivity index is 1.90. The van der Waals surface area contributed by atoms with E-state index in [1.54, 1.807) is 6.08 Å². The summed E-state index contributed by atoms with van der Waals surface area (Å²) in [5.74, 6) is -1.17. The Morgan fingerprint density at radius 3 is 1.92 bits per heavy atom. The zero-order chi connectivity index (χ0) is 21.6. The molecule has 120 valence electrons. The molecule has 2 aliphatic rings. The summed E-state index contributed by atoms with van der Waals surface area (Å²) in [5, 5.41) is 19.7. The molecular weight excluding hydrogens is 304 g/mol. The van der Waals surface area contributed by atoms with Crippen LogP contribution >= 0.6 is 0 Å². The van der Waals surface area contributed by atoms with Crippen molar-refractivity contribution in [2.45, 2.75) is 18.3 Å². The van der Waals surface area contributed by atoms with Crippen LogP contribution in [0.2, 0.25) is 0 Å². The average molecular weight is 327 g/mol. The largest absolute Gasteiger partial charge is 0.193 e. The van der Waals surface area contributed by atoms with Crippen molar-refractivity contribution in [3.63, 3.8) is 0 Å². The van der Waals surface area contributed by atoms with Gasteiger partial charge < -0.3 is 0 Å². The zero-order valence-electron chi connectivity index (χ0n) is 18.5. The molecule has 0 fully saturated rings. The monoisotopic (exact) mass is 327 g/mol. The SMILES string of the molecule is [2H]c1c([2H])c([2H])c([C@H]2C=C(C#N)[C@H]3C[C@@H]2C(C#N)=C[C@@H]3c2ccccc2)c([2H])c1[2H]. The number of nitrogens with zero attached hydrogens (tertiary/aromatic N) is 2. The fraction of sp³-hybridized carbons (Fsp3) is 0.217. The van der Waals surface area contributed by atoms with Gasteiger partial charge in [0.15, 0.2) is 0 Å². The standard InChI is InChI=1S/C23H18N2/c24-14-18-11-20(16-7-3-1-4-8-16)22-13-23(18)21(12-19(22)15-25)17-9-5-2-6-10-17/h1-12,20-23H,13H2/t20-,21-,22-,23-/m1/s1/i1D,3D,4D,7D,8D. The van der Waals surface area contributed by atoms with Crippen LogP contribution < -0.4 is 0 Å². The van der Waals surface area contributed by atoms with Crippen molar-refractivity contribution in [2.24, 2.45) is 11.8 Å². The van der Waals surface area contributed by atoms with Crippen LogP contribution in [0.3, 0.4) is 0 Å². The topological polar surface area (TPSA) is 47.6 Å². The lowest BCUT2D eigenvalue weighted by Gasteiger charge is -2.41.